The first-order chi connectivity index (χ1) is 15.1. The number of halogens is 4. The molecule has 4 rings (SSSR count). The van der Waals surface area contributed by atoms with Crippen LogP contribution in [-0.4, -0.2) is 40.6 Å². The van der Waals surface area contributed by atoms with Crippen molar-refractivity contribution in [3.8, 4) is 0 Å². The zero-order chi connectivity index (χ0) is 23.0. The number of nitrogens with zero attached hydrogens (tertiary/aromatic N) is 4. The number of nitrogens with two attached hydrogens (primary N) is 1. The second-order valence-corrected chi connectivity index (χ2v) is 8.70. The molecule has 1 saturated heterocycles. The summed E-state index contributed by atoms with van der Waals surface area (Å²) in [5.74, 6) is -1.85. The lowest BCUT2D eigenvalue weighted by Crippen LogP contribution is -2.38. The summed E-state index contributed by atoms with van der Waals surface area (Å²) >= 11 is 1.31. The van der Waals surface area contributed by atoms with Crippen molar-refractivity contribution < 1.29 is 22.4 Å². The summed E-state index contributed by atoms with van der Waals surface area (Å²) in [6, 6.07) is 2.70. The molecule has 0 spiro atoms. The quantitative estimate of drug-likeness (QED) is 0.674. The van der Waals surface area contributed by atoms with Gasteiger partial charge in [-0.25, -0.2) is 9.37 Å². The van der Waals surface area contributed by atoms with Crippen molar-refractivity contribution in [2.75, 3.05) is 18.0 Å². The van der Waals surface area contributed by atoms with Crippen LogP contribution in [0.15, 0.2) is 34.8 Å². The van der Waals surface area contributed by atoms with Crippen LogP contribution in [0, 0.1) is 5.82 Å². The van der Waals surface area contributed by atoms with Gasteiger partial charge in [0.25, 0.3) is 5.91 Å². The fourth-order valence-corrected chi connectivity index (χ4v) is 4.68. The Labute approximate surface area is 186 Å². The molecule has 2 N–H and O–H groups in total. The lowest BCUT2D eigenvalue weighted by Gasteiger charge is -2.29. The molecular formula is C21H21F4N5OS. The number of thiazole rings is 1. The number of carbonyl (C=O) groups excluding carboxylic acids is 1. The van der Waals surface area contributed by atoms with Gasteiger partial charge in [0.2, 0.25) is 0 Å². The predicted octanol–water partition coefficient (Wildman–Crippen LogP) is 4.03. The first kappa shape index (κ1) is 22.4. The van der Waals surface area contributed by atoms with E-state index in [-0.39, 0.29) is 17.9 Å². The number of aromatic nitrogens is 1. The molecule has 0 saturated carbocycles. The molecule has 1 fully saturated rings. The van der Waals surface area contributed by atoms with E-state index in [0.717, 1.165) is 37.2 Å². The number of anilines is 1. The molecule has 1 atom stereocenters. The highest BCUT2D eigenvalue weighted by Gasteiger charge is 2.33. The number of amides is 1. The van der Waals surface area contributed by atoms with Crippen molar-refractivity contribution in [1.82, 2.24) is 9.88 Å². The topological polar surface area (TPSA) is 74.8 Å². The number of benzene rings is 1. The first-order valence-corrected chi connectivity index (χ1v) is 10.9. The maximum Gasteiger partial charge on any atom is 0.416 e. The van der Waals surface area contributed by atoms with Gasteiger partial charge in [0.15, 0.2) is 0 Å². The van der Waals surface area contributed by atoms with Crippen LogP contribution in [0.3, 0.4) is 0 Å². The van der Waals surface area contributed by atoms with Crippen LogP contribution in [0.25, 0.3) is 5.70 Å². The fraction of sp³-hybridized carbons (Fsp3) is 0.381. The van der Waals surface area contributed by atoms with Gasteiger partial charge in [0, 0.05) is 23.7 Å². The average Bonchev–Trinajstić information content (AvgIpc) is 3.36. The van der Waals surface area contributed by atoms with E-state index in [2.05, 4.69) is 21.8 Å². The number of hydrogen-bond donors (Lipinski definition) is 1. The maximum absolute atomic E-state index is 14.1. The van der Waals surface area contributed by atoms with Crippen molar-refractivity contribution in [3.05, 3.63) is 51.9 Å². The van der Waals surface area contributed by atoms with E-state index in [1.807, 2.05) is 5.38 Å². The van der Waals surface area contributed by atoms with Crippen molar-refractivity contribution in [2.24, 2.45) is 10.7 Å². The third-order valence-corrected chi connectivity index (χ3v) is 6.49. The Balaban J connectivity index is 1.69. The number of likely N-dealkylation sites (tertiary alicyclic amines) is 1. The van der Waals surface area contributed by atoms with E-state index in [9.17, 15) is 22.4 Å². The van der Waals surface area contributed by atoms with Crippen LogP contribution < -0.4 is 10.6 Å². The average molecular weight is 467 g/mol. The summed E-state index contributed by atoms with van der Waals surface area (Å²) in [6.07, 6.45) is -1.13. The summed E-state index contributed by atoms with van der Waals surface area (Å²) in [6.45, 7) is 3.62. The molecule has 3 heterocycles. The molecule has 0 radical (unpaired) electrons. The number of alkyl halides is 3. The number of aliphatic imine (C=N–C) groups is 1. The molecule has 1 aromatic heterocycles. The molecule has 2 aliphatic heterocycles. The summed E-state index contributed by atoms with van der Waals surface area (Å²) in [7, 11) is 0. The Kier molecular flexibility index (Phi) is 6.04. The van der Waals surface area contributed by atoms with E-state index < -0.39 is 23.5 Å². The standard InChI is InChI=1S/C21H21F4N5OS/c1-12-3-2-4-29(12)9-15-11-32-20(28-15)18-8-27-17(19(26)31)10-30(18)16-6-13(21(23,24)25)5-14(22)7-16/h5-8,11-12H,2-4,9-10H2,1H3,(H2,26,31)/t12-/m1/s1. The predicted molar refractivity (Wildman–Crippen MR) is 115 cm³/mol. The van der Waals surface area contributed by atoms with Crippen LogP contribution in [0.2, 0.25) is 0 Å². The van der Waals surface area contributed by atoms with Gasteiger partial charge in [-0.05, 0) is 44.5 Å². The Morgan fingerprint density at radius 1 is 1.31 bits per heavy atom. The SMILES string of the molecule is C[C@@H]1CCCN1Cc1csc(C2=CN=C(C(N)=O)CN2c2cc(F)cc(C(F)(F)F)c2)n1. The third kappa shape index (κ3) is 4.68. The van der Waals surface area contributed by atoms with Crippen LogP contribution >= 0.6 is 11.3 Å². The second-order valence-electron chi connectivity index (χ2n) is 7.84. The molecule has 170 valence electrons. The largest absolute Gasteiger partial charge is 0.416 e. The number of hydrogen-bond acceptors (Lipinski definition) is 6. The zero-order valence-corrected chi connectivity index (χ0v) is 18.0. The number of rotatable bonds is 5. The summed E-state index contributed by atoms with van der Waals surface area (Å²) in [5, 5.41) is 2.40. The Morgan fingerprint density at radius 2 is 2.09 bits per heavy atom. The van der Waals surface area contributed by atoms with Gasteiger partial charge in [0.05, 0.1) is 29.7 Å². The van der Waals surface area contributed by atoms with Crippen molar-refractivity contribution in [1.29, 1.82) is 0 Å². The van der Waals surface area contributed by atoms with Gasteiger partial charge in [0.1, 0.15) is 16.5 Å². The van der Waals surface area contributed by atoms with Crippen LogP contribution in [0.1, 0.15) is 36.0 Å². The van der Waals surface area contributed by atoms with Crippen LogP contribution in [-0.2, 0) is 17.5 Å². The van der Waals surface area contributed by atoms with Crippen molar-refractivity contribution >= 4 is 34.3 Å². The molecule has 2 aromatic rings. The van der Waals surface area contributed by atoms with Gasteiger partial charge >= 0.3 is 6.18 Å². The number of primary amides is 1. The van der Waals surface area contributed by atoms with E-state index >= 15 is 0 Å². The lowest BCUT2D eigenvalue weighted by molar-refractivity contribution is -0.137. The summed E-state index contributed by atoms with van der Waals surface area (Å²) in [4.78, 5) is 24.1. The smallest absolute Gasteiger partial charge is 0.364 e. The minimum Gasteiger partial charge on any atom is -0.364 e. The highest BCUT2D eigenvalue weighted by molar-refractivity contribution is 7.10. The fourth-order valence-electron chi connectivity index (χ4n) is 3.85. The molecule has 1 amide bonds. The maximum atomic E-state index is 14.1. The van der Waals surface area contributed by atoms with E-state index in [1.165, 1.54) is 22.4 Å². The minimum atomic E-state index is -4.72. The normalized spacial score (nSPS) is 19.8. The van der Waals surface area contributed by atoms with Gasteiger partial charge in [-0.1, -0.05) is 0 Å². The Bertz CT molecular complexity index is 1090. The zero-order valence-electron chi connectivity index (χ0n) is 17.2. The number of carbonyl (C=O) groups is 1. The molecule has 1 aromatic carbocycles. The molecule has 2 aliphatic rings. The first-order valence-electron chi connectivity index (χ1n) is 10.0. The Morgan fingerprint density at radius 3 is 2.75 bits per heavy atom. The van der Waals surface area contributed by atoms with E-state index in [4.69, 9.17) is 5.73 Å². The summed E-state index contributed by atoms with van der Waals surface area (Å²) < 4.78 is 53.8. The third-order valence-electron chi connectivity index (χ3n) is 5.57. The molecule has 0 unspecified atom stereocenters. The highest BCUT2D eigenvalue weighted by Crippen LogP contribution is 2.36. The lowest BCUT2D eigenvalue weighted by atomic mass is 10.1. The molecular weight excluding hydrogens is 446 g/mol. The van der Waals surface area contributed by atoms with Gasteiger partial charge in [-0.15, -0.1) is 11.3 Å². The van der Waals surface area contributed by atoms with Gasteiger partial charge in [-0.2, -0.15) is 13.2 Å². The molecule has 0 bridgehead atoms. The van der Waals surface area contributed by atoms with Crippen LogP contribution in [0.5, 0.6) is 0 Å². The van der Waals surface area contributed by atoms with Gasteiger partial charge in [-0.3, -0.25) is 14.7 Å². The minimum absolute atomic E-state index is 0.0470. The monoisotopic (exact) mass is 467 g/mol. The molecule has 0 aliphatic carbocycles. The van der Waals surface area contributed by atoms with E-state index in [0.29, 0.717) is 29.4 Å². The van der Waals surface area contributed by atoms with Crippen molar-refractivity contribution in [3.63, 3.8) is 0 Å². The van der Waals surface area contributed by atoms with Crippen LogP contribution in [0.4, 0.5) is 23.2 Å². The molecule has 32 heavy (non-hydrogen) atoms. The Hall–Kier alpha value is -2.79. The van der Waals surface area contributed by atoms with Crippen molar-refractivity contribution in [2.45, 2.75) is 38.5 Å². The second kappa shape index (κ2) is 8.62. The summed E-state index contributed by atoms with van der Waals surface area (Å²) in [5.41, 5.74) is 5.30. The van der Waals surface area contributed by atoms with E-state index in [1.54, 1.807) is 0 Å². The molecule has 11 heteroatoms. The highest BCUT2D eigenvalue weighted by atomic mass is 32.1. The van der Waals surface area contributed by atoms with Gasteiger partial charge < -0.3 is 10.6 Å². The molecule has 6 nitrogen and oxygen atoms in total.